The summed E-state index contributed by atoms with van der Waals surface area (Å²) in [7, 11) is 0. The van der Waals surface area contributed by atoms with Crippen molar-refractivity contribution in [1.29, 1.82) is 0 Å². The average Bonchev–Trinajstić information content (AvgIpc) is 2.69. The lowest BCUT2D eigenvalue weighted by atomic mass is 9.97. The Labute approximate surface area is 181 Å². The number of nitrogens with one attached hydrogen (secondary N) is 1. The van der Waals surface area contributed by atoms with E-state index < -0.39 is 5.91 Å². The smallest absolute Gasteiger partial charge is 0.275 e. The molecule has 1 fully saturated rings. The number of carbonyl (C=O) groups excluding carboxylic acids is 2. The molecule has 0 aromatic carbocycles. The molecule has 3 heterocycles. The van der Waals surface area contributed by atoms with Gasteiger partial charge in [-0.25, -0.2) is 9.97 Å². The van der Waals surface area contributed by atoms with E-state index in [1.165, 1.54) is 6.20 Å². The number of primary amides is 1. The Hall–Kier alpha value is -1.80. The van der Waals surface area contributed by atoms with Gasteiger partial charge in [-0.15, -0.1) is 0 Å². The van der Waals surface area contributed by atoms with Crippen molar-refractivity contribution >= 4 is 69.7 Å². The van der Waals surface area contributed by atoms with E-state index in [0.717, 1.165) is 19.4 Å². The molecule has 0 spiro atoms. The highest BCUT2D eigenvalue weighted by Crippen LogP contribution is 2.36. The normalized spacial score (nSPS) is 16.7. The topological polar surface area (TPSA) is 101 Å². The van der Waals surface area contributed by atoms with Crippen LogP contribution in [0.2, 0.25) is 20.2 Å². The number of aromatic nitrogens is 2. The molecule has 11 heteroatoms. The van der Waals surface area contributed by atoms with Crippen LogP contribution in [0.3, 0.4) is 0 Å². The Morgan fingerprint density at radius 1 is 1.14 bits per heavy atom. The summed E-state index contributed by atoms with van der Waals surface area (Å²) in [6.07, 6.45) is 3.13. The molecule has 3 N–H and O–H groups in total. The molecule has 2 aromatic heterocycles. The van der Waals surface area contributed by atoms with Gasteiger partial charge in [0.1, 0.15) is 16.7 Å². The van der Waals surface area contributed by atoms with E-state index in [2.05, 4.69) is 15.3 Å². The number of anilines is 2. The van der Waals surface area contributed by atoms with E-state index in [4.69, 9.17) is 52.1 Å². The summed E-state index contributed by atoms with van der Waals surface area (Å²) in [5, 5.41) is 2.35. The van der Waals surface area contributed by atoms with E-state index in [1.54, 1.807) is 12.1 Å². The fraction of sp³-hybridized carbons (Fsp3) is 0.294. The van der Waals surface area contributed by atoms with Crippen LogP contribution in [0.25, 0.3) is 0 Å². The fourth-order valence-corrected chi connectivity index (χ4v) is 3.71. The van der Waals surface area contributed by atoms with Gasteiger partial charge in [-0.2, -0.15) is 0 Å². The largest absolute Gasteiger partial charge is 0.369 e. The zero-order chi connectivity index (χ0) is 20.4. The summed E-state index contributed by atoms with van der Waals surface area (Å²) in [4.78, 5) is 34.1. The van der Waals surface area contributed by atoms with Crippen LogP contribution in [-0.4, -0.2) is 34.9 Å². The van der Waals surface area contributed by atoms with Crippen LogP contribution in [0, 0.1) is 5.92 Å². The molecule has 28 heavy (non-hydrogen) atoms. The maximum atomic E-state index is 12.4. The second kappa shape index (κ2) is 8.69. The average molecular weight is 463 g/mol. The molecule has 3 rings (SSSR count). The predicted octanol–water partition coefficient (Wildman–Crippen LogP) is 4.04. The number of nitrogens with zero attached hydrogens (tertiary/aromatic N) is 3. The number of pyridine rings is 2. The van der Waals surface area contributed by atoms with Gasteiger partial charge in [0.15, 0.2) is 0 Å². The summed E-state index contributed by atoms with van der Waals surface area (Å²) in [6, 6.07) is 3.43. The molecule has 148 valence electrons. The molecule has 2 amide bonds. The summed E-state index contributed by atoms with van der Waals surface area (Å²) >= 11 is 23.7. The first-order chi connectivity index (χ1) is 13.3. The molecule has 7 nitrogen and oxygen atoms in total. The highest BCUT2D eigenvalue weighted by Gasteiger charge is 2.25. The summed E-state index contributed by atoms with van der Waals surface area (Å²) in [5.74, 6) is -0.412. The number of halogens is 4. The van der Waals surface area contributed by atoms with Crippen LogP contribution >= 0.6 is 46.4 Å². The highest BCUT2D eigenvalue weighted by atomic mass is 35.5. The molecular formula is C17H15Cl4N5O2. The van der Waals surface area contributed by atoms with Gasteiger partial charge in [0, 0.05) is 13.1 Å². The monoisotopic (exact) mass is 461 g/mol. The quantitative estimate of drug-likeness (QED) is 0.667. The lowest BCUT2D eigenvalue weighted by Crippen LogP contribution is -2.41. The lowest BCUT2D eigenvalue weighted by Gasteiger charge is -2.32. The number of rotatable bonds is 4. The van der Waals surface area contributed by atoms with Crippen molar-refractivity contribution in [2.75, 3.05) is 23.3 Å². The molecule has 2 aromatic rings. The third-order valence-electron chi connectivity index (χ3n) is 4.35. The molecule has 1 saturated heterocycles. The second-order valence-corrected chi connectivity index (χ2v) is 7.73. The number of carbonyl (C=O) groups is 2. The number of nitrogens with two attached hydrogens (primary N) is 1. The van der Waals surface area contributed by atoms with Crippen LogP contribution in [0.15, 0.2) is 18.3 Å². The van der Waals surface area contributed by atoms with Crippen LogP contribution in [0.4, 0.5) is 11.5 Å². The van der Waals surface area contributed by atoms with Gasteiger partial charge in [-0.3, -0.25) is 9.59 Å². The van der Waals surface area contributed by atoms with Crippen molar-refractivity contribution in [2.24, 2.45) is 11.7 Å². The van der Waals surface area contributed by atoms with Gasteiger partial charge in [0.2, 0.25) is 5.91 Å². The van der Waals surface area contributed by atoms with Crippen LogP contribution in [0.1, 0.15) is 23.3 Å². The number of hydrogen-bond acceptors (Lipinski definition) is 5. The Bertz CT molecular complexity index is 923. The third-order valence-corrected chi connectivity index (χ3v) is 6.03. The number of piperidine rings is 1. The molecule has 0 radical (unpaired) electrons. The van der Waals surface area contributed by atoms with Crippen LogP contribution < -0.4 is 16.0 Å². The van der Waals surface area contributed by atoms with Crippen molar-refractivity contribution in [2.45, 2.75) is 12.8 Å². The van der Waals surface area contributed by atoms with Crippen molar-refractivity contribution < 1.29 is 9.59 Å². The third kappa shape index (κ3) is 4.43. The van der Waals surface area contributed by atoms with Gasteiger partial charge in [0.25, 0.3) is 5.91 Å². The van der Waals surface area contributed by atoms with Crippen molar-refractivity contribution in [1.82, 2.24) is 9.97 Å². The summed E-state index contributed by atoms with van der Waals surface area (Å²) in [6.45, 7) is 1.30. The Kier molecular flexibility index (Phi) is 6.50. The minimum absolute atomic E-state index is 0.0216. The van der Waals surface area contributed by atoms with Crippen molar-refractivity contribution in [3.8, 4) is 0 Å². The summed E-state index contributed by atoms with van der Waals surface area (Å²) in [5.41, 5.74) is 5.69. The van der Waals surface area contributed by atoms with E-state index >= 15 is 0 Å². The number of amides is 2. The Morgan fingerprint density at radius 3 is 2.54 bits per heavy atom. The van der Waals surface area contributed by atoms with Gasteiger partial charge in [0.05, 0.1) is 32.9 Å². The van der Waals surface area contributed by atoms with Crippen LogP contribution in [0.5, 0.6) is 0 Å². The molecular weight excluding hydrogens is 448 g/mol. The van der Waals surface area contributed by atoms with Crippen molar-refractivity contribution in [3.63, 3.8) is 0 Å². The fourth-order valence-electron chi connectivity index (χ4n) is 2.89. The lowest BCUT2D eigenvalue weighted by molar-refractivity contribution is -0.122. The Morgan fingerprint density at radius 2 is 1.89 bits per heavy atom. The Balaban J connectivity index is 1.73. The molecule has 1 atom stereocenters. The van der Waals surface area contributed by atoms with Crippen molar-refractivity contribution in [3.05, 3.63) is 44.2 Å². The standard InChI is InChI=1S/C17H15Cl4N5O2/c18-11-12(19)14(25-15(21)13(11)20)17(28)24-9-3-4-10(23-6-9)26-5-1-2-8(7-26)16(22)27/h3-4,6,8H,1-2,5,7H2,(H2,22,27)(H,24,28). The molecule has 1 unspecified atom stereocenters. The maximum Gasteiger partial charge on any atom is 0.275 e. The molecule has 0 saturated carbocycles. The van der Waals surface area contributed by atoms with Gasteiger partial charge >= 0.3 is 0 Å². The van der Waals surface area contributed by atoms with E-state index in [9.17, 15) is 9.59 Å². The molecule has 1 aliphatic heterocycles. The zero-order valence-corrected chi connectivity index (χ0v) is 17.4. The SMILES string of the molecule is NC(=O)C1CCCN(c2ccc(NC(=O)c3nc(Cl)c(Cl)c(Cl)c3Cl)cn2)C1. The van der Waals surface area contributed by atoms with E-state index in [1.807, 2.05) is 4.90 Å². The minimum Gasteiger partial charge on any atom is -0.369 e. The first-order valence-electron chi connectivity index (χ1n) is 8.29. The first kappa shape index (κ1) is 20.9. The van der Waals surface area contributed by atoms with Crippen LogP contribution in [-0.2, 0) is 4.79 Å². The van der Waals surface area contributed by atoms with E-state index in [0.29, 0.717) is 18.1 Å². The summed E-state index contributed by atoms with van der Waals surface area (Å²) < 4.78 is 0. The minimum atomic E-state index is -0.605. The number of hydrogen-bond donors (Lipinski definition) is 2. The molecule has 0 aliphatic carbocycles. The molecule has 0 bridgehead atoms. The van der Waals surface area contributed by atoms with Gasteiger partial charge in [-0.05, 0) is 25.0 Å². The second-order valence-electron chi connectivity index (χ2n) is 6.24. The zero-order valence-electron chi connectivity index (χ0n) is 14.4. The predicted molar refractivity (Wildman–Crippen MR) is 111 cm³/mol. The van der Waals surface area contributed by atoms with E-state index in [-0.39, 0.29) is 37.7 Å². The van der Waals surface area contributed by atoms with Gasteiger partial charge < -0.3 is 16.0 Å². The maximum absolute atomic E-state index is 12.4. The highest BCUT2D eigenvalue weighted by molar-refractivity contribution is 6.52. The molecule has 1 aliphatic rings. The first-order valence-corrected chi connectivity index (χ1v) is 9.80. The van der Waals surface area contributed by atoms with Gasteiger partial charge in [-0.1, -0.05) is 46.4 Å².